The molecule has 0 aliphatic heterocycles. The second kappa shape index (κ2) is 8.07. The van der Waals surface area contributed by atoms with Gasteiger partial charge in [-0.15, -0.1) is 0 Å². The van der Waals surface area contributed by atoms with E-state index in [-0.39, 0.29) is 18.2 Å². The number of carbonyl (C=O) groups is 1. The van der Waals surface area contributed by atoms with Crippen LogP contribution in [0.3, 0.4) is 0 Å². The van der Waals surface area contributed by atoms with Gasteiger partial charge in [0, 0.05) is 20.3 Å². The summed E-state index contributed by atoms with van der Waals surface area (Å²) in [5.41, 5.74) is 3.12. The first-order chi connectivity index (χ1) is 13.0. The van der Waals surface area contributed by atoms with Crippen molar-refractivity contribution in [1.82, 2.24) is 19.8 Å². The molecule has 1 aromatic carbocycles. The highest BCUT2D eigenvalue weighted by molar-refractivity contribution is 5.93. The second-order valence-electron chi connectivity index (χ2n) is 6.46. The number of hydrogen-bond acceptors (Lipinski definition) is 5. The zero-order chi connectivity index (χ0) is 19.4. The molecule has 2 heterocycles. The first-order valence-electron chi connectivity index (χ1n) is 8.88. The lowest BCUT2D eigenvalue weighted by atomic mass is 10.1. The van der Waals surface area contributed by atoms with Crippen molar-refractivity contribution in [3.8, 4) is 5.75 Å². The molecule has 2 aromatic heterocycles. The van der Waals surface area contributed by atoms with E-state index in [0.717, 1.165) is 17.9 Å². The summed E-state index contributed by atoms with van der Waals surface area (Å²) in [6, 6.07) is 9.80. The quantitative estimate of drug-likeness (QED) is 0.641. The summed E-state index contributed by atoms with van der Waals surface area (Å²) in [6.07, 6.45) is 2.68. The van der Waals surface area contributed by atoms with Crippen molar-refractivity contribution in [2.24, 2.45) is 7.05 Å². The molecule has 27 heavy (non-hydrogen) atoms. The molecule has 7 heteroatoms. The van der Waals surface area contributed by atoms with Crippen LogP contribution in [-0.4, -0.2) is 32.8 Å². The van der Waals surface area contributed by atoms with Gasteiger partial charge in [0.25, 0.3) is 5.91 Å². The molecule has 0 aliphatic rings. The first-order valence-corrected chi connectivity index (χ1v) is 8.88. The minimum atomic E-state index is -0.215. The molecule has 0 spiro atoms. The molecular weight excluding hydrogens is 344 g/mol. The van der Waals surface area contributed by atoms with E-state index in [4.69, 9.17) is 9.26 Å². The average molecular weight is 368 g/mol. The standard InChI is InChI=1S/C20H24N4O3/c1-5-15-6-8-17(9-7-15)26-13-18-14(2)27-22-19(18)20(25)23(3)12-16-10-11-21-24(16)4/h6-11H,5,12-13H2,1-4H3. The van der Waals surface area contributed by atoms with Crippen LogP contribution >= 0.6 is 0 Å². The lowest BCUT2D eigenvalue weighted by Gasteiger charge is -2.16. The molecule has 0 fully saturated rings. The molecule has 3 aromatic rings. The van der Waals surface area contributed by atoms with Crippen LogP contribution in [0.2, 0.25) is 0 Å². The third kappa shape index (κ3) is 4.19. The van der Waals surface area contributed by atoms with Crippen molar-refractivity contribution in [3.63, 3.8) is 0 Å². The molecule has 0 atom stereocenters. The Morgan fingerprint density at radius 1 is 1.26 bits per heavy atom. The summed E-state index contributed by atoms with van der Waals surface area (Å²) in [6.45, 7) is 4.54. The minimum Gasteiger partial charge on any atom is -0.489 e. The number of ether oxygens (including phenoxy) is 1. The Hall–Kier alpha value is -3.09. The molecular formula is C20H24N4O3. The monoisotopic (exact) mass is 368 g/mol. The number of carbonyl (C=O) groups excluding carboxylic acids is 1. The van der Waals surface area contributed by atoms with E-state index in [2.05, 4.69) is 17.2 Å². The predicted molar refractivity (Wildman–Crippen MR) is 100 cm³/mol. The molecule has 0 saturated carbocycles. The number of amides is 1. The maximum Gasteiger partial charge on any atom is 0.276 e. The van der Waals surface area contributed by atoms with Crippen molar-refractivity contribution in [2.75, 3.05) is 7.05 Å². The van der Waals surface area contributed by atoms with Crippen molar-refractivity contribution >= 4 is 5.91 Å². The first kappa shape index (κ1) is 18.7. The molecule has 0 radical (unpaired) electrons. The molecule has 0 saturated heterocycles. The van der Waals surface area contributed by atoms with E-state index in [1.54, 1.807) is 29.7 Å². The average Bonchev–Trinajstić information content (AvgIpc) is 3.25. The summed E-state index contributed by atoms with van der Waals surface area (Å²) in [4.78, 5) is 14.4. The topological polar surface area (TPSA) is 73.4 Å². The van der Waals surface area contributed by atoms with E-state index in [0.29, 0.717) is 17.9 Å². The van der Waals surface area contributed by atoms with Crippen molar-refractivity contribution in [1.29, 1.82) is 0 Å². The van der Waals surface area contributed by atoms with Gasteiger partial charge in [-0.1, -0.05) is 24.2 Å². The number of nitrogens with zero attached hydrogens (tertiary/aromatic N) is 4. The molecule has 0 aliphatic carbocycles. The van der Waals surface area contributed by atoms with Gasteiger partial charge in [-0.3, -0.25) is 9.48 Å². The highest BCUT2D eigenvalue weighted by Gasteiger charge is 2.24. The van der Waals surface area contributed by atoms with E-state index >= 15 is 0 Å². The lowest BCUT2D eigenvalue weighted by molar-refractivity contribution is 0.0769. The number of hydrogen-bond donors (Lipinski definition) is 0. The van der Waals surface area contributed by atoms with E-state index in [9.17, 15) is 4.79 Å². The molecule has 3 rings (SSSR count). The molecule has 0 unspecified atom stereocenters. The van der Waals surface area contributed by atoms with Gasteiger partial charge in [-0.2, -0.15) is 5.10 Å². The Labute approximate surface area is 158 Å². The Bertz CT molecular complexity index is 912. The Balaban J connectivity index is 1.71. The minimum absolute atomic E-state index is 0.215. The van der Waals surface area contributed by atoms with Gasteiger partial charge in [-0.05, 0) is 37.1 Å². The Morgan fingerprint density at radius 3 is 2.63 bits per heavy atom. The van der Waals surface area contributed by atoms with Crippen molar-refractivity contribution in [2.45, 2.75) is 33.4 Å². The summed E-state index contributed by atoms with van der Waals surface area (Å²) >= 11 is 0. The maximum absolute atomic E-state index is 12.8. The fraction of sp³-hybridized carbons (Fsp3) is 0.350. The zero-order valence-electron chi connectivity index (χ0n) is 16.1. The molecule has 0 N–H and O–H groups in total. The van der Waals surface area contributed by atoms with Crippen molar-refractivity contribution in [3.05, 3.63) is 64.8 Å². The van der Waals surface area contributed by atoms with E-state index in [1.165, 1.54) is 5.56 Å². The summed E-state index contributed by atoms with van der Waals surface area (Å²) in [5.74, 6) is 1.11. The van der Waals surface area contributed by atoms with Gasteiger partial charge in [0.2, 0.25) is 0 Å². The van der Waals surface area contributed by atoms with Crippen molar-refractivity contribution < 1.29 is 14.1 Å². The van der Waals surface area contributed by atoms with Gasteiger partial charge >= 0.3 is 0 Å². The van der Waals surface area contributed by atoms with Crippen LogP contribution in [0.15, 0.2) is 41.1 Å². The zero-order valence-corrected chi connectivity index (χ0v) is 16.1. The van der Waals surface area contributed by atoms with E-state index in [1.807, 2.05) is 37.4 Å². The van der Waals surface area contributed by atoms with Crippen LogP contribution in [0.4, 0.5) is 0 Å². The fourth-order valence-corrected chi connectivity index (χ4v) is 2.76. The van der Waals surface area contributed by atoms with Crippen LogP contribution in [-0.2, 0) is 26.6 Å². The Kier molecular flexibility index (Phi) is 5.59. The second-order valence-corrected chi connectivity index (χ2v) is 6.46. The molecule has 0 bridgehead atoms. The van der Waals surface area contributed by atoms with Crippen LogP contribution < -0.4 is 4.74 Å². The van der Waals surface area contributed by atoms with Gasteiger partial charge < -0.3 is 14.2 Å². The summed E-state index contributed by atoms with van der Waals surface area (Å²) in [5, 5.41) is 8.08. The van der Waals surface area contributed by atoms with E-state index < -0.39 is 0 Å². The molecule has 142 valence electrons. The SMILES string of the molecule is CCc1ccc(OCc2c(C(=O)N(C)Cc3ccnn3C)noc2C)cc1. The fourth-order valence-electron chi connectivity index (χ4n) is 2.76. The highest BCUT2D eigenvalue weighted by Crippen LogP contribution is 2.20. The summed E-state index contributed by atoms with van der Waals surface area (Å²) < 4.78 is 12.8. The number of aryl methyl sites for hydroxylation is 3. The highest BCUT2D eigenvalue weighted by atomic mass is 16.5. The molecule has 7 nitrogen and oxygen atoms in total. The predicted octanol–water partition coefficient (Wildman–Crippen LogP) is 3.13. The van der Waals surface area contributed by atoms with Gasteiger partial charge in [0.05, 0.1) is 17.8 Å². The lowest BCUT2D eigenvalue weighted by Crippen LogP contribution is -2.28. The Morgan fingerprint density at radius 2 is 2.00 bits per heavy atom. The maximum atomic E-state index is 12.8. The van der Waals surface area contributed by atoms with Crippen LogP contribution in [0.25, 0.3) is 0 Å². The number of benzene rings is 1. The number of rotatable bonds is 7. The third-order valence-electron chi connectivity index (χ3n) is 4.57. The summed E-state index contributed by atoms with van der Waals surface area (Å²) in [7, 11) is 3.57. The molecule has 1 amide bonds. The number of aromatic nitrogens is 3. The normalized spacial score (nSPS) is 10.8. The largest absolute Gasteiger partial charge is 0.489 e. The van der Waals surface area contributed by atoms with Gasteiger partial charge in [0.1, 0.15) is 18.1 Å². The van der Waals surface area contributed by atoms with Gasteiger partial charge in [-0.25, -0.2) is 0 Å². The van der Waals surface area contributed by atoms with Crippen LogP contribution in [0, 0.1) is 6.92 Å². The smallest absolute Gasteiger partial charge is 0.276 e. The third-order valence-corrected chi connectivity index (χ3v) is 4.57. The van der Waals surface area contributed by atoms with Crippen LogP contribution in [0.1, 0.15) is 40.0 Å². The van der Waals surface area contributed by atoms with Gasteiger partial charge in [0.15, 0.2) is 5.69 Å². The van der Waals surface area contributed by atoms with Crippen LogP contribution in [0.5, 0.6) is 5.75 Å².